The van der Waals surface area contributed by atoms with Crippen molar-refractivity contribution in [1.82, 2.24) is 20.3 Å². The van der Waals surface area contributed by atoms with E-state index in [9.17, 15) is 9.59 Å². The third-order valence-electron chi connectivity index (χ3n) is 4.13. The van der Waals surface area contributed by atoms with Gasteiger partial charge in [0.05, 0.1) is 19.6 Å². The fourth-order valence-corrected chi connectivity index (χ4v) is 2.59. The van der Waals surface area contributed by atoms with Gasteiger partial charge in [-0.1, -0.05) is 35.1 Å². The highest BCUT2D eigenvalue weighted by Gasteiger charge is 2.13. The molecule has 0 radical (unpaired) electrons. The molecule has 3 aromatic rings. The highest BCUT2D eigenvalue weighted by Crippen LogP contribution is 2.23. The first-order chi connectivity index (χ1) is 15.0. The minimum atomic E-state index is -0.465. The summed E-state index contributed by atoms with van der Waals surface area (Å²) in [5.74, 6) is 0.864. The van der Waals surface area contributed by atoms with Gasteiger partial charge >= 0.3 is 11.9 Å². The third kappa shape index (κ3) is 6.59. The van der Waals surface area contributed by atoms with Crippen molar-refractivity contribution in [3.63, 3.8) is 0 Å². The zero-order valence-electron chi connectivity index (χ0n) is 17.1. The normalized spacial score (nSPS) is 10.6. The lowest BCUT2D eigenvalue weighted by atomic mass is 10.1. The molecule has 10 heteroatoms. The second kappa shape index (κ2) is 10.8. The van der Waals surface area contributed by atoms with Gasteiger partial charge in [0.25, 0.3) is 0 Å². The molecule has 0 saturated carbocycles. The number of hydrogen-bond donors (Lipinski definition) is 0. The number of unbranched alkanes of at least 4 members (excludes halogenated alkanes) is 1. The molecular formula is C21H22N4O6. The summed E-state index contributed by atoms with van der Waals surface area (Å²) in [5.41, 5.74) is 1.50. The van der Waals surface area contributed by atoms with Crippen molar-refractivity contribution in [2.24, 2.45) is 0 Å². The Kier molecular flexibility index (Phi) is 7.63. The molecular weight excluding hydrogens is 404 g/mol. The predicted molar refractivity (Wildman–Crippen MR) is 107 cm³/mol. The fourth-order valence-electron chi connectivity index (χ4n) is 2.59. The second-order valence-electron chi connectivity index (χ2n) is 6.53. The van der Waals surface area contributed by atoms with E-state index >= 15 is 0 Å². The summed E-state index contributed by atoms with van der Waals surface area (Å²) in [6, 6.07) is 7.36. The van der Waals surface area contributed by atoms with E-state index in [2.05, 4.69) is 26.9 Å². The molecule has 2 heterocycles. The van der Waals surface area contributed by atoms with Crippen LogP contribution in [-0.2, 0) is 25.5 Å². The summed E-state index contributed by atoms with van der Waals surface area (Å²) in [5, 5.41) is 7.87. The predicted octanol–water partition coefficient (Wildman–Crippen LogP) is 3.08. The molecule has 0 N–H and O–H groups in total. The minimum absolute atomic E-state index is 0.120. The van der Waals surface area contributed by atoms with Gasteiger partial charge in [-0.3, -0.25) is 4.79 Å². The number of aromatic nitrogens is 4. The number of hydrogen-bond acceptors (Lipinski definition) is 10. The summed E-state index contributed by atoms with van der Waals surface area (Å²) in [4.78, 5) is 31.3. The van der Waals surface area contributed by atoms with E-state index in [0.717, 1.165) is 17.2 Å². The number of rotatable bonds is 11. The topological polar surface area (TPSA) is 130 Å². The van der Waals surface area contributed by atoms with E-state index in [-0.39, 0.29) is 32.0 Å². The number of nitrogens with zero attached hydrogens (tertiary/aromatic N) is 4. The van der Waals surface area contributed by atoms with Crippen LogP contribution in [0.4, 0.5) is 0 Å². The van der Waals surface area contributed by atoms with Crippen LogP contribution >= 0.6 is 0 Å². The largest absolute Gasteiger partial charge is 0.466 e. The molecule has 2 aromatic heterocycles. The number of aryl methyl sites for hydroxylation is 2. The quantitative estimate of drug-likeness (QED) is 0.256. The van der Waals surface area contributed by atoms with Crippen LogP contribution in [0.2, 0.25) is 0 Å². The number of carbonyl (C=O) groups excluding carboxylic acids is 2. The van der Waals surface area contributed by atoms with Crippen LogP contribution in [-0.4, -0.2) is 45.4 Å². The molecule has 0 fully saturated rings. The van der Waals surface area contributed by atoms with Gasteiger partial charge in [0.2, 0.25) is 23.4 Å². The van der Waals surface area contributed by atoms with Gasteiger partial charge in [-0.2, -0.15) is 9.97 Å². The Morgan fingerprint density at radius 2 is 1.71 bits per heavy atom. The highest BCUT2D eigenvalue weighted by atomic mass is 16.5. The molecule has 10 nitrogen and oxygen atoms in total. The average molecular weight is 426 g/mol. The lowest BCUT2D eigenvalue weighted by Gasteiger charge is -2.04. The van der Waals surface area contributed by atoms with Crippen LogP contribution in [0.25, 0.3) is 22.8 Å². The third-order valence-corrected chi connectivity index (χ3v) is 4.13. The van der Waals surface area contributed by atoms with Crippen LogP contribution in [0.1, 0.15) is 31.0 Å². The van der Waals surface area contributed by atoms with Crippen LogP contribution in [0.5, 0.6) is 0 Å². The standard InChI is InChI=1S/C21H22N4O6/c1-3-18(26)28-11-4-5-12-29-19(27)10-9-17-23-21(25-31-17)16-8-6-7-15(13-16)20-22-14(2)30-24-20/h3,6-8,13H,1,4-5,9-12H2,2H3. The molecule has 0 aliphatic heterocycles. The van der Waals surface area contributed by atoms with Gasteiger partial charge in [-0.25, -0.2) is 4.79 Å². The number of ether oxygens (including phenoxy) is 2. The first-order valence-corrected chi connectivity index (χ1v) is 9.73. The molecule has 0 aliphatic rings. The van der Waals surface area contributed by atoms with Crippen LogP contribution in [0.3, 0.4) is 0 Å². The van der Waals surface area contributed by atoms with Crippen LogP contribution in [0.15, 0.2) is 46.0 Å². The molecule has 0 amide bonds. The molecule has 162 valence electrons. The SMILES string of the molecule is C=CC(=O)OCCCCOC(=O)CCc1nc(-c2cccc(-c3noc(C)n3)c2)no1. The van der Waals surface area contributed by atoms with Crippen molar-refractivity contribution < 1.29 is 28.1 Å². The summed E-state index contributed by atoms with van der Waals surface area (Å²) in [6.45, 7) is 5.55. The van der Waals surface area contributed by atoms with Crippen molar-refractivity contribution in [1.29, 1.82) is 0 Å². The van der Waals surface area contributed by atoms with Gasteiger partial charge in [-0.05, 0) is 18.9 Å². The zero-order chi connectivity index (χ0) is 22.1. The summed E-state index contributed by atoms with van der Waals surface area (Å²) < 4.78 is 20.2. The molecule has 1 aromatic carbocycles. The van der Waals surface area contributed by atoms with Gasteiger partial charge in [-0.15, -0.1) is 0 Å². The molecule has 0 saturated heterocycles. The van der Waals surface area contributed by atoms with E-state index in [0.29, 0.717) is 36.3 Å². The van der Waals surface area contributed by atoms with Crippen molar-refractivity contribution in [2.45, 2.75) is 32.6 Å². The van der Waals surface area contributed by atoms with Gasteiger partial charge < -0.3 is 18.5 Å². The Labute approximate surface area is 178 Å². The second-order valence-corrected chi connectivity index (χ2v) is 6.53. The van der Waals surface area contributed by atoms with Crippen molar-refractivity contribution in [2.75, 3.05) is 13.2 Å². The van der Waals surface area contributed by atoms with Gasteiger partial charge in [0.15, 0.2) is 0 Å². The van der Waals surface area contributed by atoms with E-state index < -0.39 is 5.97 Å². The smallest absolute Gasteiger partial charge is 0.330 e. The van der Waals surface area contributed by atoms with Gasteiger partial charge in [0.1, 0.15) is 0 Å². The lowest BCUT2D eigenvalue weighted by molar-refractivity contribution is -0.144. The lowest BCUT2D eigenvalue weighted by Crippen LogP contribution is -2.08. The Bertz CT molecular complexity index is 1040. The van der Waals surface area contributed by atoms with Gasteiger partial charge in [0, 0.05) is 30.5 Å². The van der Waals surface area contributed by atoms with Crippen LogP contribution < -0.4 is 0 Å². The Balaban J connectivity index is 1.43. The van der Waals surface area contributed by atoms with E-state index in [4.69, 9.17) is 18.5 Å². The van der Waals surface area contributed by atoms with Crippen LogP contribution in [0, 0.1) is 6.92 Å². The zero-order valence-corrected chi connectivity index (χ0v) is 17.1. The number of esters is 2. The van der Waals surface area contributed by atoms with E-state index in [1.165, 1.54) is 0 Å². The Hall–Kier alpha value is -3.82. The van der Waals surface area contributed by atoms with E-state index in [1.54, 1.807) is 6.92 Å². The molecule has 3 rings (SSSR count). The first kappa shape index (κ1) is 21.9. The minimum Gasteiger partial charge on any atom is -0.466 e. The molecule has 0 bridgehead atoms. The average Bonchev–Trinajstić information content (AvgIpc) is 3.44. The monoisotopic (exact) mass is 426 g/mol. The molecule has 0 atom stereocenters. The number of carbonyl (C=O) groups is 2. The summed E-state index contributed by atoms with van der Waals surface area (Å²) in [7, 11) is 0. The first-order valence-electron chi connectivity index (χ1n) is 9.73. The molecule has 0 unspecified atom stereocenters. The maximum absolute atomic E-state index is 11.9. The van der Waals surface area contributed by atoms with Crippen molar-refractivity contribution >= 4 is 11.9 Å². The molecule has 0 aliphatic carbocycles. The van der Waals surface area contributed by atoms with Crippen molar-refractivity contribution in [3.05, 3.63) is 48.7 Å². The number of benzene rings is 1. The summed E-state index contributed by atoms with van der Waals surface area (Å²) >= 11 is 0. The molecule has 0 spiro atoms. The maximum atomic E-state index is 11.9. The fraction of sp³-hybridized carbons (Fsp3) is 0.333. The highest BCUT2D eigenvalue weighted by molar-refractivity contribution is 5.81. The summed E-state index contributed by atoms with van der Waals surface area (Å²) in [6.07, 6.45) is 2.69. The van der Waals surface area contributed by atoms with E-state index in [1.807, 2.05) is 24.3 Å². The van der Waals surface area contributed by atoms with Crippen molar-refractivity contribution in [3.8, 4) is 22.8 Å². The molecule has 31 heavy (non-hydrogen) atoms. The Morgan fingerprint density at radius 1 is 1.03 bits per heavy atom. The Morgan fingerprint density at radius 3 is 2.39 bits per heavy atom. The maximum Gasteiger partial charge on any atom is 0.330 e.